The molecule has 4 atom stereocenters. The molecule has 2 aliphatic heterocycles. The van der Waals surface area contributed by atoms with Crippen molar-refractivity contribution in [2.45, 2.75) is 25.8 Å². The summed E-state index contributed by atoms with van der Waals surface area (Å²) in [5, 5.41) is 6.63. The van der Waals surface area contributed by atoms with Gasteiger partial charge in [-0.3, -0.25) is 24.4 Å². The molecule has 4 aliphatic rings. The van der Waals surface area contributed by atoms with Crippen LogP contribution < -0.4 is 10.6 Å². The SMILES string of the molecule is CN=C(NCCN1C(=O)C2C3C=CC(C3)C2C1=O)NCC(C)(C)N1CCOCC1.I. The van der Waals surface area contributed by atoms with E-state index in [2.05, 4.69) is 46.5 Å². The van der Waals surface area contributed by atoms with E-state index in [4.69, 9.17) is 4.74 Å². The van der Waals surface area contributed by atoms with E-state index in [1.807, 2.05) is 0 Å². The Balaban J connectivity index is 0.00000256. The summed E-state index contributed by atoms with van der Waals surface area (Å²) in [5.41, 5.74) is -0.0218. The number of hydrogen-bond donors (Lipinski definition) is 2. The maximum Gasteiger partial charge on any atom is 0.233 e. The Bertz CT molecular complexity index is 689. The van der Waals surface area contributed by atoms with Crippen LogP contribution in [0.4, 0.5) is 0 Å². The van der Waals surface area contributed by atoms with E-state index in [9.17, 15) is 9.59 Å². The number of nitrogens with one attached hydrogen (secondary N) is 2. The standard InChI is InChI=1S/C21H33N5O3.HI/c1-21(2,25-8-10-29-11-9-25)13-24-20(22-3)23-6-7-26-18(27)16-14-4-5-15(12-14)17(16)19(26)28;/h4-5,14-17H,6-13H2,1-3H3,(H2,22,23,24);1H. The van der Waals surface area contributed by atoms with Crippen LogP contribution in [-0.2, 0) is 14.3 Å². The van der Waals surface area contributed by atoms with Gasteiger partial charge in [-0.2, -0.15) is 0 Å². The molecule has 2 aliphatic carbocycles. The molecule has 2 N–H and O–H groups in total. The van der Waals surface area contributed by atoms with Gasteiger partial charge in [0.25, 0.3) is 0 Å². The fraction of sp³-hybridized carbons (Fsp3) is 0.762. The molecule has 0 radical (unpaired) electrons. The monoisotopic (exact) mass is 531 g/mol. The molecule has 2 amide bonds. The van der Waals surface area contributed by atoms with Crippen molar-refractivity contribution < 1.29 is 14.3 Å². The van der Waals surface area contributed by atoms with Crippen molar-refractivity contribution in [2.24, 2.45) is 28.7 Å². The van der Waals surface area contributed by atoms with Crippen LogP contribution in [0.25, 0.3) is 0 Å². The van der Waals surface area contributed by atoms with Crippen LogP contribution in [0.5, 0.6) is 0 Å². The van der Waals surface area contributed by atoms with E-state index in [1.54, 1.807) is 7.05 Å². The Kier molecular flexibility index (Phi) is 7.44. The summed E-state index contributed by atoms with van der Waals surface area (Å²) in [6.45, 7) is 9.45. The van der Waals surface area contributed by atoms with Gasteiger partial charge >= 0.3 is 0 Å². The zero-order valence-corrected chi connectivity index (χ0v) is 20.4. The van der Waals surface area contributed by atoms with Crippen LogP contribution >= 0.6 is 24.0 Å². The Morgan fingerprint density at radius 3 is 2.30 bits per heavy atom. The van der Waals surface area contributed by atoms with Crippen LogP contribution in [0, 0.1) is 23.7 Å². The van der Waals surface area contributed by atoms with E-state index in [0.29, 0.717) is 19.0 Å². The first-order valence-corrected chi connectivity index (χ1v) is 10.7. The molecule has 8 nitrogen and oxygen atoms in total. The summed E-state index contributed by atoms with van der Waals surface area (Å²) in [5.74, 6) is 0.985. The maximum atomic E-state index is 12.7. The largest absolute Gasteiger partial charge is 0.379 e. The number of morpholine rings is 1. The van der Waals surface area contributed by atoms with Gasteiger partial charge in [0, 0.05) is 45.3 Å². The Morgan fingerprint density at radius 2 is 1.73 bits per heavy atom. The Labute approximate surface area is 195 Å². The lowest BCUT2D eigenvalue weighted by atomic mass is 9.85. The summed E-state index contributed by atoms with van der Waals surface area (Å²) in [6, 6.07) is 0. The molecule has 4 rings (SSSR count). The average Bonchev–Trinajstić information content (AvgIpc) is 3.40. The first kappa shape index (κ1) is 23.5. The van der Waals surface area contributed by atoms with E-state index >= 15 is 0 Å². The molecule has 0 aromatic heterocycles. The molecule has 168 valence electrons. The van der Waals surface area contributed by atoms with Gasteiger partial charge in [-0.25, -0.2) is 0 Å². The highest BCUT2D eigenvalue weighted by Gasteiger charge is 2.58. The molecular formula is C21H34IN5O3. The number of allylic oxidation sites excluding steroid dienone is 2. The van der Waals surface area contributed by atoms with Crippen LogP contribution in [0.3, 0.4) is 0 Å². The second-order valence-corrected chi connectivity index (χ2v) is 9.09. The highest BCUT2D eigenvalue weighted by atomic mass is 127. The summed E-state index contributed by atoms with van der Waals surface area (Å²) in [6.07, 6.45) is 5.22. The van der Waals surface area contributed by atoms with Crippen LogP contribution in [0.1, 0.15) is 20.3 Å². The third-order valence-corrected chi connectivity index (χ3v) is 6.97. The van der Waals surface area contributed by atoms with E-state index < -0.39 is 0 Å². The molecule has 3 fully saturated rings. The molecule has 0 aromatic rings. The first-order chi connectivity index (χ1) is 13.9. The van der Waals surface area contributed by atoms with Crippen LogP contribution in [0.2, 0.25) is 0 Å². The molecule has 4 unspecified atom stereocenters. The molecule has 0 spiro atoms. The maximum absolute atomic E-state index is 12.7. The number of carbonyl (C=O) groups is 2. The second kappa shape index (κ2) is 9.52. The van der Waals surface area contributed by atoms with E-state index in [-0.39, 0.29) is 65.0 Å². The van der Waals surface area contributed by atoms with Gasteiger partial charge in [0.05, 0.1) is 25.0 Å². The van der Waals surface area contributed by atoms with Crippen molar-refractivity contribution >= 4 is 41.8 Å². The highest BCUT2D eigenvalue weighted by molar-refractivity contribution is 14.0. The number of fused-ring (bicyclic) bond motifs is 5. The van der Waals surface area contributed by atoms with Crippen molar-refractivity contribution in [3.8, 4) is 0 Å². The molecule has 0 aromatic carbocycles. The normalized spacial score (nSPS) is 31.2. The van der Waals surface area contributed by atoms with Crippen LogP contribution in [-0.4, -0.2) is 86.1 Å². The zero-order chi connectivity index (χ0) is 20.6. The fourth-order valence-electron chi connectivity index (χ4n) is 5.27. The van der Waals surface area contributed by atoms with Crippen molar-refractivity contribution in [3.05, 3.63) is 12.2 Å². The quantitative estimate of drug-likeness (QED) is 0.173. The van der Waals surface area contributed by atoms with E-state index in [0.717, 1.165) is 39.3 Å². The predicted molar refractivity (Wildman–Crippen MR) is 126 cm³/mol. The fourth-order valence-corrected chi connectivity index (χ4v) is 5.27. The van der Waals surface area contributed by atoms with Gasteiger partial charge in [-0.1, -0.05) is 12.2 Å². The zero-order valence-electron chi connectivity index (χ0n) is 18.1. The highest BCUT2D eigenvalue weighted by Crippen LogP contribution is 2.52. The first-order valence-electron chi connectivity index (χ1n) is 10.7. The molecule has 9 heteroatoms. The number of nitrogens with zero attached hydrogens (tertiary/aromatic N) is 3. The number of likely N-dealkylation sites (tertiary alicyclic amines) is 1. The number of amides is 2. The summed E-state index contributed by atoms with van der Waals surface area (Å²) >= 11 is 0. The summed E-state index contributed by atoms with van der Waals surface area (Å²) in [4.78, 5) is 33.6. The van der Waals surface area contributed by atoms with Crippen molar-refractivity contribution in [1.29, 1.82) is 0 Å². The summed E-state index contributed by atoms with van der Waals surface area (Å²) < 4.78 is 5.44. The van der Waals surface area contributed by atoms with Gasteiger partial charge in [-0.05, 0) is 32.1 Å². The third-order valence-electron chi connectivity index (χ3n) is 6.97. The lowest BCUT2D eigenvalue weighted by Crippen LogP contribution is -2.56. The third kappa shape index (κ3) is 4.38. The number of guanidine groups is 1. The Hall–Kier alpha value is -1.20. The molecule has 2 bridgehead atoms. The number of rotatable bonds is 6. The lowest BCUT2D eigenvalue weighted by molar-refractivity contribution is -0.140. The molecule has 1 saturated carbocycles. The number of aliphatic imine (C=N–C) groups is 1. The predicted octanol–water partition coefficient (Wildman–Crippen LogP) is 0.687. The topological polar surface area (TPSA) is 86.3 Å². The van der Waals surface area contributed by atoms with Gasteiger partial charge < -0.3 is 15.4 Å². The average molecular weight is 531 g/mol. The molecular weight excluding hydrogens is 497 g/mol. The smallest absolute Gasteiger partial charge is 0.233 e. The van der Waals surface area contributed by atoms with Crippen molar-refractivity contribution in [2.75, 3.05) is 53.0 Å². The van der Waals surface area contributed by atoms with Gasteiger partial charge in [0.2, 0.25) is 11.8 Å². The van der Waals surface area contributed by atoms with Gasteiger partial charge in [-0.15, -0.1) is 24.0 Å². The van der Waals surface area contributed by atoms with Gasteiger partial charge in [0.1, 0.15) is 0 Å². The van der Waals surface area contributed by atoms with Crippen molar-refractivity contribution in [1.82, 2.24) is 20.4 Å². The number of imide groups is 1. The minimum atomic E-state index is -0.121. The Morgan fingerprint density at radius 1 is 1.13 bits per heavy atom. The van der Waals surface area contributed by atoms with Crippen molar-refractivity contribution in [3.63, 3.8) is 0 Å². The number of halogens is 1. The minimum Gasteiger partial charge on any atom is -0.379 e. The molecule has 2 saturated heterocycles. The lowest BCUT2D eigenvalue weighted by Gasteiger charge is -2.41. The summed E-state index contributed by atoms with van der Waals surface area (Å²) in [7, 11) is 1.73. The molecule has 30 heavy (non-hydrogen) atoms. The van der Waals surface area contributed by atoms with Gasteiger partial charge in [0.15, 0.2) is 5.96 Å². The minimum absolute atomic E-state index is 0. The number of hydrogen-bond acceptors (Lipinski definition) is 5. The number of ether oxygens (including phenoxy) is 1. The molecule has 2 heterocycles. The second-order valence-electron chi connectivity index (χ2n) is 9.09. The van der Waals surface area contributed by atoms with E-state index in [1.165, 1.54) is 4.90 Å². The van der Waals surface area contributed by atoms with Crippen LogP contribution in [0.15, 0.2) is 17.1 Å². The number of carbonyl (C=O) groups excluding carboxylic acids is 2.